The molecule has 6 nitrogen and oxygen atoms in total. The molecule has 0 saturated heterocycles. The number of hydrogen-bond donors (Lipinski definition) is 3. The minimum absolute atomic E-state index is 0.280. The molecule has 2 heterocycles. The number of thiophene rings is 1. The van der Waals surface area contributed by atoms with Gasteiger partial charge in [0.2, 0.25) is 10.6 Å². The van der Waals surface area contributed by atoms with E-state index in [4.69, 9.17) is 0 Å². The Balaban J connectivity index is 2.08. The van der Waals surface area contributed by atoms with Gasteiger partial charge in [0, 0.05) is 10.9 Å². The normalized spacial score (nSPS) is 12.1. The van der Waals surface area contributed by atoms with E-state index >= 15 is 0 Å². The molecule has 0 radical (unpaired) electrons. The Morgan fingerprint density at radius 1 is 1.19 bits per heavy atom. The molecule has 0 spiro atoms. The summed E-state index contributed by atoms with van der Waals surface area (Å²) in [5, 5.41) is 37.4. The number of aromatic nitrogens is 1. The standard InChI is InChI=1S/C18H17N3O3S2/c1-11(2)8-19-18-21(13(10-26-18)15-4-3-7-25-15)20-9-12-5-6-14(22)17(24)16(12)23/h3-7,9-10,22-24H,1,8H2,2H3. The van der Waals surface area contributed by atoms with E-state index in [1.54, 1.807) is 16.0 Å². The summed E-state index contributed by atoms with van der Waals surface area (Å²) >= 11 is 3.04. The number of hydrogen-bond acceptors (Lipinski definition) is 7. The van der Waals surface area contributed by atoms with Crippen LogP contribution in [0.2, 0.25) is 0 Å². The third-order valence-electron chi connectivity index (χ3n) is 3.42. The van der Waals surface area contributed by atoms with Crippen molar-refractivity contribution < 1.29 is 15.3 Å². The first-order chi connectivity index (χ1) is 12.5. The average molecular weight is 387 g/mol. The molecule has 3 aromatic rings. The number of nitrogens with zero attached hydrogens (tertiary/aromatic N) is 3. The minimum atomic E-state index is -0.574. The van der Waals surface area contributed by atoms with Crippen LogP contribution in [0, 0.1) is 0 Å². The lowest BCUT2D eigenvalue weighted by Gasteiger charge is -2.04. The van der Waals surface area contributed by atoms with Crippen LogP contribution in [0.15, 0.2) is 57.3 Å². The lowest BCUT2D eigenvalue weighted by atomic mass is 10.2. The summed E-state index contributed by atoms with van der Waals surface area (Å²) in [7, 11) is 0. The predicted octanol–water partition coefficient (Wildman–Crippen LogP) is 3.75. The van der Waals surface area contributed by atoms with Crippen molar-refractivity contribution in [1.82, 2.24) is 4.68 Å². The topological polar surface area (TPSA) is 90.3 Å². The van der Waals surface area contributed by atoms with Gasteiger partial charge in [0.05, 0.1) is 23.3 Å². The molecule has 0 saturated carbocycles. The molecule has 0 aliphatic carbocycles. The second-order valence-electron chi connectivity index (χ2n) is 5.58. The first-order valence-electron chi connectivity index (χ1n) is 7.65. The molecule has 0 amide bonds. The lowest BCUT2D eigenvalue weighted by Crippen LogP contribution is -2.12. The Labute approximate surface area is 158 Å². The smallest absolute Gasteiger partial charge is 0.206 e. The molecular formula is C18H17N3O3S2. The summed E-state index contributed by atoms with van der Waals surface area (Å²) in [6, 6.07) is 6.71. The van der Waals surface area contributed by atoms with Crippen LogP contribution in [-0.2, 0) is 0 Å². The maximum Gasteiger partial charge on any atom is 0.206 e. The molecule has 2 aromatic heterocycles. The molecule has 134 valence electrons. The summed E-state index contributed by atoms with van der Waals surface area (Å²) < 4.78 is 1.68. The van der Waals surface area contributed by atoms with Crippen molar-refractivity contribution in [2.75, 3.05) is 6.54 Å². The van der Waals surface area contributed by atoms with Crippen LogP contribution < -0.4 is 4.80 Å². The van der Waals surface area contributed by atoms with E-state index < -0.39 is 11.5 Å². The van der Waals surface area contributed by atoms with E-state index in [1.165, 1.54) is 29.7 Å². The lowest BCUT2D eigenvalue weighted by molar-refractivity contribution is 0.367. The monoisotopic (exact) mass is 387 g/mol. The quantitative estimate of drug-likeness (QED) is 0.354. The minimum Gasteiger partial charge on any atom is -0.504 e. The Hall–Kier alpha value is -2.84. The Kier molecular flexibility index (Phi) is 5.24. The van der Waals surface area contributed by atoms with E-state index in [1.807, 2.05) is 29.8 Å². The highest BCUT2D eigenvalue weighted by Gasteiger charge is 2.11. The van der Waals surface area contributed by atoms with Gasteiger partial charge in [-0.2, -0.15) is 5.10 Å². The van der Waals surface area contributed by atoms with Gasteiger partial charge in [-0.1, -0.05) is 18.2 Å². The second kappa shape index (κ2) is 7.59. The molecule has 8 heteroatoms. The summed E-state index contributed by atoms with van der Waals surface area (Å²) in [6.45, 7) is 6.26. The van der Waals surface area contributed by atoms with Crippen molar-refractivity contribution in [1.29, 1.82) is 0 Å². The third kappa shape index (κ3) is 3.71. The van der Waals surface area contributed by atoms with Crippen LogP contribution in [0.4, 0.5) is 0 Å². The molecule has 0 aliphatic rings. The highest BCUT2D eigenvalue weighted by molar-refractivity contribution is 7.14. The molecule has 1 aromatic carbocycles. The maximum absolute atomic E-state index is 9.96. The van der Waals surface area contributed by atoms with E-state index in [9.17, 15) is 15.3 Å². The Bertz CT molecular complexity index is 1030. The number of phenols is 3. The van der Waals surface area contributed by atoms with Crippen LogP contribution in [0.1, 0.15) is 12.5 Å². The predicted molar refractivity (Wildman–Crippen MR) is 105 cm³/mol. The second-order valence-corrected chi connectivity index (χ2v) is 7.37. The summed E-state index contributed by atoms with van der Waals surface area (Å²) in [5.74, 6) is -1.39. The summed E-state index contributed by atoms with van der Waals surface area (Å²) in [4.78, 5) is 6.25. The number of phenolic OH excluding ortho intramolecular Hbond substituents is 3. The fourth-order valence-corrected chi connectivity index (χ4v) is 3.76. The highest BCUT2D eigenvalue weighted by atomic mass is 32.1. The van der Waals surface area contributed by atoms with Gasteiger partial charge in [0.15, 0.2) is 11.5 Å². The molecule has 0 unspecified atom stereocenters. The molecule has 3 rings (SSSR count). The zero-order chi connectivity index (χ0) is 18.7. The van der Waals surface area contributed by atoms with Crippen molar-refractivity contribution in [3.63, 3.8) is 0 Å². The SMILES string of the molecule is C=C(C)CN=c1scc(-c2cccs2)n1N=Cc1ccc(O)c(O)c1O. The van der Waals surface area contributed by atoms with Crippen molar-refractivity contribution >= 4 is 28.9 Å². The van der Waals surface area contributed by atoms with Gasteiger partial charge >= 0.3 is 0 Å². The first-order valence-corrected chi connectivity index (χ1v) is 9.41. The fraction of sp³-hybridized carbons (Fsp3) is 0.111. The Morgan fingerprint density at radius 3 is 2.69 bits per heavy atom. The van der Waals surface area contributed by atoms with Gasteiger partial charge in [-0.25, -0.2) is 4.68 Å². The molecule has 0 fully saturated rings. The number of aromatic hydroxyl groups is 3. The van der Waals surface area contributed by atoms with Crippen LogP contribution in [-0.4, -0.2) is 32.8 Å². The van der Waals surface area contributed by atoms with Crippen LogP contribution in [0.25, 0.3) is 10.6 Å². The molecule has 26 heavy (non-hydrogen) atoms. The van der Waals surface area contributed by atoms with Gasteiger partial charge in [-0.15, -0.1) is 22.7 Å². The molecular weight excluding hydrogens is 370 g/mol. The van der Waals surface area contributed by atoms with Gasteiger partial charge in [0.1, 0.15) is 0 Å². The van der Waals surface area contributed by atoms with Gasteiger partial charge in [-0.05, 0) is 30.5 Å². The number of thiazole rings is 1. The van der Waals surface area contributed by atoms with Crippen LogP contribution >= 0.6 is 22.7 Å². The van der Waals surface area contributed by atoms with Crippen molar-refractivity contribution in [3.05, 3.63) is 57.5 Å². The average Bonchev–Trinajstić information content (AvgIpc) is 3.26. The number of rotatable bonds is 5. The summed E-state index contributed by atoms with van der Waals surface area (Å²) in [5.41, 5.74) is 2.10. The van der Waals surface area contributed by atoms with Crippen LogP contribution in [0.5, 0.6) is 17.2 Å². The van der Waals surface area contributed by atoms with Gasteiger partial charge < -0.3 is 15.3 Å². The Morgan fingerprint density at radius 2 is 2.00 bits per heavy atom. The third-order valence-corrected chi connectivity index (χ3v) is 5.16. The zero-order valence-electron chi connectivity index (χ0n) is 14.0. The maximum atomic E-state index is 9.96. The van der Waals surface area contributed by atoms with Gasteiger partial charge in [0.25, 0.3) is 0 Å². The zero-order valence-corrected chi connectivity index (χ0v) is 15.6. The molecule has 0 atom stereocenters. The van der Waals surface area contributed by atoms with Crippen molar-refractivity contribution in [3.8, 4) is 27.8 Å². The fourth-order valence-electron chi connectivity index (χ4n) is 2.13. The van der Waals surface area contributed by atoms with Crippen molar-refractivity contribution in [2.24, 2.45) is 10.1 Å². The van der Waals surface area contributed by atoms with E-state index in [-0.39, 0.29) is 11.3 Å². The number of benzene rings is 1. The summed E-state index contributed by atoms with van der Waals surface area (Å²) in [6.07, 6.45) is 1.41. The van der Waals surface area contributed by atoms with Crippen molar-refractivity contribution in [2.45, 2.75) is 6.92 Å². The van der Waals surface area contributed by atoms with E-state index in [0.29, 0.717) is 11.3 Å². The first kappa shape index (κ1) is 18.0. The van der Waals surface area contributed by atoms with Crippen LogP contribution in [0.3, 0.4) is 0 Å². The highest BCUT2D eigenvalue weighted by Crippen LogP contribution is 2.36. The molecule has 0 aliphatic heterocycles. The molecule has 3 N–H and O–H groups in total. The molecule has 0 bridgehead atoms. The van der Waals surface area contributed by atoms with E-state index in [2.05, 4.69) is 16.7 Å². The largest absolute Gasteiger partial charge is 0.504 e. The van der Waals surface area contributed by atoms with Gasteiger partial charge in [-0.3, -0.25) is 4.99 Å². The van der Waals surface area contributed by atoms with E-state index in [0.717, 1.165) is 16.1 Å².